The third-order valence-corrected chi connectivity index (χ3v) is 5.49. The summed E-state index contributed by atoms with van der Waals surface area (Å²) in [7, 11) is 1.88. The second-order valence-corrected chi connectivity index (χ2v) is 7.54. The van der Waals surface area contributed by atoms with Crippen molar-refractivity contribution in [3.05, 3.63) is 30.7 Å². The quantitative estimate of drug-likeness (QED) is 0.753. The minimum absolute atomic E-state index is 0.135. The maximum Gasteiger partial charge on any atom is 0.222 e. The van der Waals surface area contributed by atoms with Gasteiger partial charge in [0.1, 0.15) is 11.6 Å². The van der Waals surface area contributed by atoms with Gasteiger partial charge in [-0.05, 0) is 30.4 Å². The molecule has 0 radical (unpaired) electrons. The third kappa shape index (κ3) is 2.90. The van der Waals surface area contributed by atoms with E-state index in [-0.39, 0.29) is 5.91 Å². The van der Waals surface area contributed by atoms with Gasteiger partial charge in [-0.25, -0.2) is 4.98 Å². The number of amides is 1. The van der Waals surface area contributed by atoms with Crippen LogP contribution in [0.2, 0.25) is 0 Å². The number of pyridine rings is 2. The van der Waals surface area contributed by atoms with Crippen molar-refractivity contribution in [3.8, 4) is 11.3 Å². The first-order chi connectivity index (χ1) is 13.6. The van der Waals surface area contributed by atoms with E-state index in [0.29, 0.717) is 31.1 Å². The van der Waals surface area contributed by atoms with Gasteiger partial charge in [-0.3, -0.25) is 14.5 Å². The van der Waals surface area contributed by atoms with Crippen LogP contribution in [0, 0.1) is 0 Å². The number of nitrogens with one attached hydrogen (secondary N) is 1. The third-order valence-electron chi connectivity index (χ3n) is 5.49. The van der Waals surface area contributed by atoms with E-state index in [2.05, 4.69) is 20.3 Å². The molecule has 2 fully saturated rings. The van der Waals surface area contributed by atoms with Gasteiger partial charge in [0, 0.05) is 37.3 Å². The van der Waals surface area contributed by atoms with Gasteiger partial charge in [0.15, 0.2) is 0 Å². The second kappa shape index (κ2) is 6.56. The lowest BCUT2D eigenvalue weighted by atomic mass is 10.1. The summed E-state index contributed by atoms with van der Waals surface area (Å²) in [6.07, 6.45) is 7.81. The van der Waals surface area contributed by atoms with Crippen LogP contribution in [-0.4, -0.2) is 51.0 Å². The molecule has 28 heavy (non-hydrogen) atoms. The van der Waals surface area contributed by atoms with Crippen LogP contribution in [0.5, 0.6) is 0 Å². The number of nitrogens with zero attached hydrogens (tertiary/aromatic N) is 5. The maximum absolute atomic E-state index is 11.7. The molecule has 2 atom stereocenters. The van der Waals surface area contributed by atoms with E-state index < -0.39 is 0 Å². The van der Waals surface area contributed by atoms with Crippen LogP contribution in [0.4, 0.5) is 11.6 Å². The fourth-order valence-corrected chi connectivity index (χ4v) is 4.26. The van der Waals surface area contributed by atoms with E-state index in [1.807, 2.05) is 31.6 Å². The van der Waals surface area contributed by atoms with Gasteiger partial charge >= 0.3 is 0 Å². The fourth-order valence-electron chi connectivity index (χ4n) is 4.26. The molecule has 1 amide bonds. The lowest BCUT2D eigenvalue weighted by Crippen LogP contribution is -2.46. The van der Waals surface area contributed by atoms with Crippen LogP contribution in [0.3, 0.4) is 0 Å². The molecule has 0 spiro atoms. The van der Waals surface area contributed by atoms with Crippen molar-refractivity contribution in [1.82, 2.24) is 19.7 Å². The van der Waals surface area contributed by atoms with Crippen LogP contribution in [-0.2, 0) is 16.6 Å². The minimum Gasteiger partial charge on any atom is -0.377 e. The number of aryl methyl sites for hydroxylation is 1. The van der Waals surface area contributed by atoms with Crippen molar-refractivity contribution in [2.45, 2.75) is 31.8 Å². The number of hydrogen-bond donors (Lipinski definition) is 1. The average Bonchev–Trinajstić information content (AvgIpc) is 3.20. The van der Waals surface area contributed by atoms with E-state index in [1.165, 1.54) is 6.92 Å². The molecule has 0 aliphatic carbocycles. The molecular weight excluding hydrogens is 356 g/mol. The number of morpholine rings is 1. The predicted molar refractivity (Wildman–Crippen MR) is 106 cm³/mol. The highest BCUT2D eigenvalue weighted by Gasteiger charge is 2.39. The molecule has 2 saturated heterocycles. The van der Waals surface area contributed by atoms with Crippen molar-refractivity contribution in [3.63, 3.8) is 0 Å². The largest absolute Gasteiger partial charge is 0.377 e. The van der Waals surface area contributed by atoms with E-state index in [1.54, 1.807) is 10.9 Å². The molecule has 5 rings (SSSR count). The summed E-state index contributed by atoms with van der Waals surface area (Å²) in [6, 6.07) is 4.58. The summed E-state index contributed by atoms with van der Waals surface area (Å²) in [6.45, 7) is 2.92. The standard InChI is InChI=1S/C20H22N6O2/c1-12(27)23-19-6-13-5-18(14-7-22-25(2)9-14)21-8-17(13)20(24-19)26-15-3-4-16(26)11-28-10-15/h5-9,15-16H,3-4,10-11H2,1-2H3,(H,23,24,27). The SMILES string of the molecule is CC(=O)Nc1cc2cc(-c3cnn(C)c3)ncc2c(N2C3CCC2COC3)n1. The Morgan fingerprint density at radius 2 is 2.00 bits per heavy atom. The van der Waals surface area contributed by atoms with Crippen molar-refractivity contribution in [1.29, 1.82) is 0 Å². The Labute approximate surface area is 162 Å². The highest BCUT2D eigenvalue weighted by Crippen LogP contribution is 2.38. The normalized spacial score (nSPS) is 21.3. The first-order valence-corrected chi connectivity index (χ1v) is 9.52. The van der Waals surface area contributed by atoms with Crippen LogP contribution >= 0.6 is 0 Å². The number of hydrogen-bond acceptors (Lipinski definition) is 6. The Bertz CT molecular complexity index is 1050. The molecule has 2 bridgehead atoms. The summed E-state index contributed by atoms with van der Waals surface area (Å²) >= 11 is 0. The molecule has 3 aromatic rings. The van der Waals surface area contributed by atoms with Gasteiger partial charge in [0.2, 0.25) is 5.91 Å². The highest BCUT2D eigenvalue weighted by molar-refractivity contribution is 5.98. The zero-order chi connectivity index (χ0) is 19.3. The summed E-state index contributed by atoms with van der Waals surface area (Å²) in [5.74, 6) is 1.30. The van der Waals surface area contributed by atoms with Crippen molar-refractivity contribution in [2.24, 2.45) is 7.05 Å². The van der Waals surface area contributed by atoms with Crippen LogP contribution in [0.15, 0.2) is 30.7 Å². The molecular formula is C20H22N6O2. The van der Waals surface area contributed by atoms with Crippen LogP contribution < -0.4 is 10.2 Å². The first kappa shape index (κ1) is 17.1. The molecule has 0 saturated carbocycles. The number of ether oxygens (including phenoxy) is 1. The van der Waals surface area contributed by atoms with Gasteiger partial charge in [-0.15, -0.1) is 0 Å². The number of carbonyl (C=O) groups is 1. The molecule has 3 aromatic heterocycles. The fraction of sp³-hybridized carbons (Fsp3) is 0.400. The summed E-state index contributed by atoms with van der Waals surface area (Å²) < 4.78 is 7.49. The first-order valence-electron chi connectivity index (χ1n) is 9.52. The molecule has 8 heteroatoms. The molecule has 2 aliphatic heterocycles. The van der Waals surface area contributed by atoms with Crippen LogP contribution in [0.1, 0.15) is 19.8 Å². The summed E-state index contributed by atoms with van der Waals surface area (Å²) in [4.78, 5) is 23.5. The van der Waals surface area contributed by atoms with Gasteiger partial charge in [-0.2, -0.15) is 5.10 Å². The number of fused-ring (bicyclic) bond motifs is 3. The van der Waals surface area contributed by atoms with E-state index in [9.17, 15) is 4.79 Å². The smallest absolute Gasteiger partial charge is 0.222 e. The number of aromatic nitrogens is 4. The Hall–Kier alpha value is -3.00. The molecule has 5 heterocycles. The zero-order valence-electron chi connectivity index (χ0n) is 15.9. The maximum atomic E-state index is 11.7. The molecule has 2 unspecified atom stereocenters. The van der Waals surface area contributed by atoms with Crippen LogP contribution in [0.25, 0.3) is 22.0 Å². The van der Waals surface area contributed by atoms with Gasteiger partial charge in [0.05, 0.1) is 37.2 Å². The van der Waals surface area contributed by atoms with Gasteiger partial charge < -0.3 is 15.0 Å². The zero-order valence-corrected chi connectivity index (χ0v) is 15.9. The van der Waals surface area contributed by atoms with Gasteiger partial charge in [0.25, 0.3) is 0 Å². The summed E-state index contributed by atoms with van der Waals surface area (Å²) in [5.41, 5.74) is 1.80. The summed E-state index contributed by atoms with van der Waals surface area (Å²) in [5, 5.41) is 9.06. The number of rotatable bonds is 3. The van der Waals surface area contributed by atoms with Crippen molar-refractivity contribution in [2.75, 3.05) is 23.4 Å². The van der Waals surface area contributed by atoms with E-state index in [4.69, 9.17) is 9.72 Å². The molecule has 8 nitrogen and oxygen atoms in total. The second-order valence-electron chi connectivity index (χ2n) is 7.54. The Morgan fingerprint density at radius 1 is 1.21 bits per heavy atom. The van der Waals surface area contributed by atoms with Gasteiger partial charge in [-0.1, -0.05) is 0 Å². The predicted octanol–water partition coefficient (Wildman–Crippen LogP) is 2.36. The number of anilines is 2. The average molecular weight is 378 g/mol. The Morgan fingerprint density at radius 3 is 2.68 bits per heavy atom. The lowest BCUT2D eigenvalue weighted by Gasteiger charge is -2.36. The van der Waals surface area contributed by atoms with Crippen molar-refractivity contribution < 1.29 is 9.53 Å². The topological polar surface area (TPSA) is 85.2 Å². The lowest BCUT2D eigenvalue weighted by molar-refractivity contribution is -0.114. The highest BCUT2D eigenvalue weighted by atomic mass is 16.5. The Kier molecular flexibility index (Phi) is 4.01. The van der Waals surface area contributed by atoms with Crippen molar-refractivity contribution >= 4 is 28.3 Å². The molecule has 2 aliphatic rings. The number of carbonyl (C=O) groups excluding carboxylic acids is 1. The van der Waals surface area contributed by atoms with E-state index in [0.717, 1.165) is 40.7 Å². The molecule has 0 aromatic carbocycles. The molecule has 1 N–H and O–H groups in total. The van der Waals surface area contributed by atoms with E-state index >= 15 is 0 Å². The Balaban J connectivity index is 1.66. The molecule has 144 valence electrons. The minimum atomic E-state index is -0.135. The monoisotopic (exact) mass is 378 g/mol.